The second kappa shape index (κ2) is 8.08. The Labute approximate surface area is 175 Å². The minimum atomic E-state index is -0.647. The molecule has 1 heterocycles. The molecule has 0 bridgehead atoms. The fourth-order valence-electron chi connectivity index (χ4n) is 3.95. The normalized spacial score (nSPS) is 17.9. The highest BCUT2D eigenvalue weighted by atomic mass is 16.5. The van der Waals surface area contributed by atoms with Crippen LogP contribution < -0.4 is 4.74 Å². The van der Waals surface area contributed by atoms with Crippen LogP contribution in [-0.4, -0.2) is 58.9 Å². The lowest BCUT2D eigenvalue weighted by molar-refractivity contribution is 0.0503. The number of carbonyl (C=O) groups excluding carboxylic acids is 1. The fourth-order valence-corrected chi connectivity index (χ4v) is 3.95. The summed E-state index contributed by atoms with van der Waals surface area (Å²) in [6.45, 7) is 2.86. The minimum Gasteiger partial charge on any atom is -0.481 e. The van der Waals surface area contributed by atoms with Gasteiger partial charge in [0.15, 0.2) is 6.10 Å². The number of rotatable bonds is 6. The first-order chi connectivity index (χ1) is 14.4. The van der Waals surface area contributed by atoms with E-state index in [2.05, 4.69) is 4.98 Å². The van der Waals surface area contributed by atoms with E-state index in [1.54, 1.807) is 25.1 Å². The molecule has 0 spiro atoms. The van der Waals surface area contributed by atoms with Gasteiger partial charge in [-0.15, -0.1) is 0 Å². The van der Waals surface area contributed by atoms with Gasteiger partial charge < -0.3 is 24.0 Å². The van der Waals surface area contributed by atoms with Crippen molar-refractivity contribution < 1.29 is 19.4 Å². The highest BCUT2D eigenvalue weighted by Gasteiger charge is 2.33. The number of ether oxygens (including phenoxy) is 2. The van der Waals surface area contributed by atoms with E-state index < -0.39 is 12.2 Å². The van der Waals surface area contributed by atoms with Crippen LogP contribution in [0, 0.1) is 6.92 Å². The molecule has 1 aliphatic carbocycles. The molecule has 3 aromatic rings. The lowest BCUT2D eigenvalue weighted by Crippen LogP contribution is -2.30. The number of benzene rings is 2. The average molecular weight is 409 g/mol. The number of likely N-dealkylation sites (N-methyl/N-ethyl adjacent to an activating group) is 1. The minimum absolute atomic E-state index is 0.120. The van der Waals surface area contributed by atoms with E-state index in [-0.39, 0.29) is 5.91 Å². The Morgan fingerprint density at radius 1 is 1.33 bits per heavy atom. The maximum atomic E-state index is 13.0. The molecule has 0 saturated carbocycles. The number of methoxy groups -OCH3 is 1. The number of hydrogen-bond acceptors (Lipinski definition) is 5. The molecule has 0 fully saturated rings. The van der Waals surface area contributed by atoms with Crippen LogP contribution in [0.25, 0.3) is 11.0 Å². The Bertz CT molecular complexity index is 1090. The Kier molecular flexibility index (Phi) is 5.49. The smallest absolute Gasteiger partial charge is 0.253 e. The number of amides is 1. The van der Waals surface area contributed by atoms with Crippen LogP contribution in [0.3, 0.4) is 0 Å². The van der Waals surface area contributed by atoms with Crippen LogP contribution >= 0.6 is 0 Å². The molecular formula is C23H27N3O4. The van der Waals surface area contributed by atoms with Gasteiger partial charge in [0.2, 0.25) is 0 Å². The van der Waals surface area contributed by atoms with E-state index in [4.69, 9.17) is 9.47 Å². The van der Waals surface area contributed by atoms with Crippen LogP contribution in [0.1, 0.15) is 33.4 Å². The summed E-state index contributed by atoms with van der Waals surface area (Å²) in [4.78, 5) is 19.3. The standard InChI is InChI=1S/C23H27N3O4/c1-14-24-21-18(26(14)3)11-16(23(28)25(2)9-10-29-4)13-20(21)30-22-17-8-6-5-7-15(17)12-19(22)27/h5-8,11,13,19,22,27H,9-10,12H2,1-4H3/t19-,22-/m1/s1. The molecule has 30 heavy (non-hydrogen) atoms. The van der Waals surface area contributed by atoms with Crippen molar-refractivity contribution in [3.8, 4) is 5.75 Å². The van der Waals surface area contributed by atoms with Gasteiger partial charge in [0.05, 0.1) is 18.2 Å². The van der Waals surface area contributed by atoms with Crippen molar-refractivity contribution >= 4 is 16.9 Å². The highest BCUT2D eigenvalue weighted by molar-refractivity contribution is 5.99. The zero-order valence-electron chi connectivity index (χ0n) is 17.8. The Morgan fingerprint density at radius 3 is 2.87 bits per heavy atom. The summed E-state index contributed by atoms with van der Waals surface area (Å²) in [7, 11) is 5.27. The topological polar surface area (TPSA) is 76.8 Å². The van der Waals surface area contributed by atoms with Crippen molar-refractivity contribution in [3.05, 3.63) is 58.9 Å². The molecule has 2 aromatic carbocycles. The summed E-state index contributed by atoms with van der Waals surface area (Å²) in [5.74, 6) is 1.20. The molecule has 7 nitrogen and oxygen atoms in total. The van der Waals surface area contributed by atoms with E-state index in [1.807, 2.05) is 48.9 Å². The van der Waals surface area contributed by atoms with Crippen molar-refractivity contribution in [1.29, 1.82) is 0 Å². The maximum absolute atomic E-state index is 13.0. The molecule has 0 radical (unpaired) electrons. The number of fused-ring (bicyclic) bond motifs is 2. The average Bonchev–Trinajstić information content (AvgIpc) is 3.21. The lowest BCUT2D eigenvalue weighted by atomic mass is 10.1. The first-order valence-corrected chi connectivity index (χ1v) is 10.0. The van der Waals surface area contributed by atoms with Crippen LogP contribution in [-0.2, 0) is 18.2 Å². The van der Waals surface area contributed by atoms with E-state index in [9.17, 15) is 9.90 Å². The summed E-state index contributed by atoms with van der Waals surface area (Å²) >= 11 is 0. The van der Waals surface area contributed by atoms with Gasteiger partial charge in [0, 0.05) is 39.7 Å². The van der Waals surface area contributed by atoms with Crippen molar-refractivity contribution in [2.24, 2.45) is 7.05 Å². The van der Waals surface area contributed by atoms with E-state index in [0.717, 1.165) is 22.5 Å². The van der Waals surface area contributed by atoms with Crippen molar-refractivity contribution in [2.75, 3.05) is 27.3 Å². The number of imidazole rings is 1. The molecule has 2 atom stereocenters. The summed E-state index contributed by atoms with van der Waals surface area (Å²) in [6, 6.07) is 11.5. The number of hydrogen-bond donors (Lipinski definition) is 1. The Balaban J connectivity index is 1.75. The predicted octanol–water partition coefficient (Wildman–Crippen LogP) is 2.64. The summed E-state index contributed by atoms with van der Waals surface area (Å²) in [5, 5.41) is 10.6. The first-order valence-electron chi connectivity index (χ1n) is 10.0. The highest BCUT2D eigenvalue weighted by Crippen LogP contribution is 2.38. The zero-order chi connectivity index (χ0) is 21.4. The number of aryl methyl sites for hydroxylation is 2. The third-order valence-electron chi connectivity index (χ3n) is 5.79. The Morgan fingerprint density at radius 2 is 2.10 bits per heavy atom. The zero-order valence-corrected chi connectivity index (χ0v) is 17.8. The molecule has 158 valence electrons. The molecule has 1 aliphatic rings. The number of carbonyl (C=O) groups is 1. The van der Waals surface area contributed by atoms with Crippen LogP contribution in [0.2, 0.25) is 0 Å². The second-order valence-electron chi connectivity index (χ2n) is 7.79. The molecule has 1 amide bonds. The van der Waals surface area contributed by atoms with Crippen molar-refractivity contribution in [1.82, 2.24) is 14.5 Å². The first kappa shape index (κ1) is 20.4. The molecule has 4 rings (SSSR count). The molecule has 0 unspecified atom stereocenters. The molecule has 1 N–H and O–H groups in total. The van der Waals surface area contributed by atoms with E-state index in [0.29, 0.717) is 36.4 Å². The van der Waals surface area contributed by atoms with E-state index >= 15 is 0 Å². The number of aromatic nitrogens is 2. The molecule has 0 aliphatic heterocycles. The quantitative estimate of drug-likeness (QED) is 0.677. The molecule has 7 heteroatoms. The third kappa shape index (κ3) is 3.55. The van der Waals surface area contributed by atoms with E-state index in [1.165, 1.54) is 0 Å². The maximum Gasteiger partial charge on any atom is 0.253 e. The number of aliphatic hydroxyl groups excluding tert-OH is 1. The molecule has 0 saturated heterocycles. The monoisotopic (exact) mass is 409 g/mol. The van der Waals surface area contributed by atoms with Gasteiger partial charge in [-0.05, 0) is 30.2 Å². The number of aliphatic hydroxyl groups is 1. The lowest BCUT2D eigenvalue weighted by Gasteiger charge is -2.21. The van der Waals surface area contributed by atoms with Crippen molar-refractivity contribution in [2.45, 2.75) is 25.6 Å². The van der Waals surface area contributed by atoms with Crippen LogP contribution in [0.5, 0.6) is 5.75 Å². The molecular weight excluding hydrogens is 382 g/mol. The number of nitrogens with zero attached hydrogens (tertiary/aromatic N) is 3. The fraction of sp³-hybridized carbons (Fsp3) is 0.391. The van der Waals surface area contributed by atoms with Gasteiger partial charge in [-0.1, -0.05) is 24.3 Å². The largest absolute Gasteiger partial charge is 0.481 e. The molecule has 1 aromatic heterocycles. The summed E-state index contributed by atoms with van der Waals surface area (Å²) < 4.78 is 13.4. The van der Waals surface area contributed by atoms with Gasteiger partial charge >= 0.3 is 0 Å². The van der Waals surface area contributed by atoms with Gasteiger partial charge in [-0.25, -0.2) is 4.98 Å². The summed E-state index contributed by atoms with van der Waals surface area (Å²) in [6.07, 6.45) is -0.599. The predicted molar refractivity (Wildman–Crippen MR) is 114 cm³/mol. The van der Waals surface area contributed by atoms with Crippen LogP contribution in [0.15, 0.2) is 36.4 Å². The van der Waals surface area contributed by atoms with Gasteiger partial charge in [0.25, 0.3) is 5.91 Å². The SMILES string of the molecule is COCCN(C)C(=O)c1cc(O[C@@H]2c3ccccc3C[C@H]2O)c2nc(C)n(C)c2c1. The van der Waals surface area contributed by atoms with Crippen LogP contribution in [0.4, 0.5) is 0 Å². The van der Waals surface area contributed by atoms with Gasteiger partial charge in [0.1, 0.15) is 17.1 Å². The van der Waals surface area contributed by atoms with Gasteiger partial charge in [-0.3, -0.25) is 4.79 Å². The van der Waals surface area contributed by atoms with Crippen molar-refractivity contribution in [3.63, 3.8) is 0 Å². The second-order valence-corrected chi connectivity index (χ2v) is 7.79. The Hall–Kier alpha value is -2.90. The summed E-state index contributed by atoms with van der Waals surface area (Å²) in [5.41, 5.74) is 4.06. The third-order valence-corrected chi connectivity index (χ3v) is 5.79. The van der Waals surface area contributed by atoms with Gasteiger partial charge in [-0.2, -0.15) is 0 Å².